The van der Waals surface area contributed by atoms with E-state index in [1.807, 2.05) is 45.3 Å². The van der Waals surface area contributed by atoms with Crippen LogP contribution in [0.25, 0.3) is 0 Å². The predicted octanol–water partition coefficient (Wildman–Crippen LogP) is 1.07. The van der Waals surface area contributed by atoms with Gasteiger partial charge in [0, 0.05) is 25.3 Å². The first-order valence-electron chi connectivity index (χ1n) is 6.85. The first-order valence-corrected chi connectivity index (χ1v) is 6.85. The van der Waals surface area contributed by atoms with Gasteiger partial charge in [-0.3, -0.25) is 4.79 Å². The van der Waals surface area contributed by atoms with E-state index in [-0.39, 0.29) is 18.1 Å². The Morgan fingerprint density at radius 1 is 1.35 bits per heavy atom. The molecule has 20 heavy (non-hydrogen) atoms. The van der Waals surface area contributed by atoms with Crippen LogP contribution in [0, 0.1) is 0 Å². The van der Waals surface area contributed by atoms with E-state index in [1.165, 1.54) is 5.56 Å². The maximum absolute atomic E-state index is 11.8. The molecule has 2 N–H and O–H groups in total. The van der Waals surface area contributed by atoms with Crippen molar-refractivity contribution in [2.75, 3.05) is 39.1 Å². The van der Waals surface area contributed by atoms with Gasteiger partial charge in [-0.25, -0.2) is 0 Å². The topological polar surface area (TPSA) is 53.6 Å². The van der Waals surface area contributed by atoms with E-state index in [4.69, 9.17) is 4.74 Å². The summed E-state index contributed by atoms with van der Waals surface area (Å²) in [5, 5.41) is 5.98. The second-order valence-corrected chi connectivity index (χ2v) is 5.83. The first-order chi connectivity index (χ1) is 9.47. The minimum atomic E-state index is -0.188. The zero-order valence-corrected chi connectivity index (χ0v) is 12.4. The second-order valence-electron chi connectivity index (χ2n) is 5.83. The van der Waals surface area contributed by atoms with Crippen molar-refractivity contribution in [3.8, 4) is 0 Å². The molecule has 0 bridgehead atoms. The molecule has 0 atom stereocenters. The number of anilines is 1. The number of amides is 1. The Hall–Kier alpha value is -1.43. The Morgan fingerprint density at radius 3 is 2.50 bits per heavy atom. The minimum absolute atomic E-state index is 0.0949. The summed E-state index contributed by atoms with van der Waals surface area (Å²) in [6, 6.07) is 7.88. The van der Waals surface area contributed by atoms with Crippen molar-refractivity contribution in [3.63, 3.8) is 0 Å². The average Bonchev–Trinajstić information content (AvgIpc) is 2.36. The summed E-state index contributed by atoms with van der Waals surface area (Å²) >= 11 is 0. The molecular formula is C15H23N3O2. The van der Waals surface area contributed by atoms with E-state index >= 15 is 0 Å². The fourth-order valence-electron chi connectivity index (χ4n) is 2.07. The molecule has 0 radical (unpaired) electrons. The number of carbonyl (C=O) groups is 1. The van der Waals surface area contributed by atoms with Crippen LogP contribution >= 0.6 is 0 Å². The van der Waals surface area contributed by atoms with Crippen molar-refractivity contribution in [1.29, 1.82) is 0 Å². The molecule has 0 aromatic heterocycles. The van der Waals surface area contributed by atoms with Crippen molar-refractivity contribution in [2.45, 2.75) is 19.1 Å². The molecule has 1 heterocycles. The van der Waals surface area contributed by atoms with Gasteiger partial charge in [-0.2, -0.15) is 0 Å². The molecule has 1 amide bonds. The monoisotopic (exact) mass is 277 g/mol. The summed E-state index contributed by atoms with van der Waals surface area (Å²) in [6.45, 7) is 4.60. The van der Waals surface area contributed by atoms with Crippen LogP contribution in [0.3, 0.4) is 0 Å². The SMILES string of the molecule is CN(C)Cc1ccc(NC(=O)COC2(C)CNC2)cc1. The molecule has 2 rings (SSSR count). The van der Waals surface area contributed by atoms with Gasteiger partial charge in [-0.05, 0) is 38.7 Å². The highest BCUT2D eigenvalue weighted by molar-refractivity contribution is 5.91. The molecule has 0 aliphatic carbocycles. The van der Waals surface area contributed by atoms with E-state index in [0.29, 0.717) is 0 Å². The van der Waals surface area contributed by atoms with Gasteiger partial charge in [-0.15, -0.1) is 0 Å². The Kier molecular flexibility index (Phi) is 4.75. The lowest BCUT2D eigenvalue weighted by Crippen LogP contribution is -2.59. The van der Waals surface area contributed by atoms with Crippen LogP contribution in [0.4, 0.5) is 5.69 Å². The standard InChI is InChI=1S/C15H23N3O2/c1-15(10-16-11-15)20-9-14(19)17-13-6-4-12(5-7-13)8-18(2)3/h4-7,16H,8-11H2,1-3H3,(H,17,19). The van der Waals surface area contributed by atoms with Crippen molar-refractivity contribution in [3.05, 3.63) is 29.8 Å². The van der Waals surface area contributed by atoms with E-state index in [9.17, 15) is 4.79 Å². The summed E-state index contributed by atoms with van der Waals surface area (Å²) < 4.78 is 5.59. The van der Waals surface area contributed by atoms with Crippen molar-refractivity contribution >= 4 is 11.6 Å². The third kappa shape index (κ3) is 4.30. The lowest BCUT2D eigenvalue weighted by Gasteiger charge is -2.38. The zero-order chi connectivity index (χ0) is 14.6. The van der Waals surface area contributed by atoms with Gasteiger partial charge >= 0.3 is 0 Å². The van der Waals surface area contributed by atoms with Crippen LogP contribution in [0.1, 0.15) is 12.5 Å². The minimum Gasteiger partial charge on any atom is -0.363 e. The highest BCUT2D eigenvalue weighted by Crippen LogP contribution is 2.15. The summed E-state index contributed by atoms with van der Waals surface area (Å²) in [5.41, 5.74) is 1.84. The van der Waals surface area contributed by atoms with Gasteiger partial charge in [0.2, 0.25) is 5.91 Å². The summed E-state index contributed by atoms with van der Waals surface area (Å²) in [4.78, 5) is 13.9. The molecule has 0 spiro atoms. The Balaban J connectivity index is 1.78. The Morgan fingerprint density at radius 2 is 2.00 bits per heavy atom. The van der Waals surface area contributed by atoms with Crippen molar-refractivity contribution < 1.29 is 9.53 Å². The lowest BCUT2D eigenvalue weighted by atomic mass is 10.0. The molecule has 1 aromatic rings. The van der Waals surface area contributed by atoms with E-state index in [2.05, 4.69) is 15.5 Å². The summed E-state index contributed by atoms with van der Waals surface area (Å²) in [6.07, 6.45) is 0. The zero-order valence-electron chi connectivity index (χ0n) is 12.4. The van der Waals surface area contributed by atoms with Gasteiger partial charge < -0.3 is 20.3 Å². The molecule has 1 fully saturated rings. The van der Waals surface area contributed by atoms with Crippen molar-refractivity contribution in [2.24, 2.45) is 0 Å². The van der Waals surface area contributed by atoms with Gasteiger partial charge in [0.05, 0.1) is 5.60 Å². The van der Waals surface area contributed by atoms with Gasteiger partial charge in [-0.1, -0.05) is 12.1 Å². The largest absolute Gasteiger partial charge is 0.363 e. The molecule has 1 saturated heterocycles. The molecule has 110 valence electrons. The van der Waals surface area contributed by atoms with E-state index in [1.54, 1.807) is 0 Å². The van der Waals surface area contributed by atoms with Crippen LogP contribution in [0.2, 0.25) is 0 Å². The number of benzene rings is 1. The Bertz CT molecular complexity index is 453. The first kappa shape index (κ1) is 15.0. The Labute approximate surface area is 120 Å². The fourth-order valence-corrected chi connectivity index (χ4v) is 2.07. The van der Waals surface area contributed by atoms with E-state index < -0.39 is 0 Å². The second kappa shape index (κ2) is 6.35. The quantitative estimate of drug-likeness (QED) is 0.816. The normalized spacial score (nSPS) is 16.8. The van der Waals surface area contributed by atoms with Crippen LogP contribution in [0.15, 0.2) is 24.3 Å². The number of ether oxygens (including phenoxy) is 1. The lowest BCUT2D eigenvalue weighted by molar-refractivity contribution is -0.130. The number of carbonyl (C=O) groups excluding carboxylic acids is 1. The van der Waals surface area contributed by atoms with Crippen LogP contribution < -0.4 is 10.6 Å². The molecule has 0 unspecified atom stereocenters. The molecular weight excluding hydrogens is 254 g/mol. The van der Waals surface area contributed by atoms with Crippen LogP contribution in [-0.2, 0) is 16.1 Å². The smallest absolute Gasteiger partial charge is 0.250 e. The predicted molar refractivity (Wildman–Crippen MR) is 79.7 cm³/mol. The van der Waals surface area contributed by atoms with E-state index in [0.717, 1.165) is 25.3 Å². The number of nitrogens with one attached hydrogen (secondary N) is 2. The molecule has 1 aliphatic rings. The molecule has 1 aliphatic heterocycles. The maximum atomic E-state index is 11.8. The van der Waals surface area contributed by atoms with Gasteiger partial charge in [0.1, 0.15) is 6.61 Å². The van der Waals surface area contributed by atoms with Crippen LogP contribution in [0.5, 0.6) is 0 Å². The number of hydrogen-bond acceptors (Lipinski definition) is 4. The highest BCUT2D eigenvalue weighted by atomic mass is 16.5. The summed E-state index contributed by atoms with van der Waals surface area (Å²) in [5.74, 6) is -0.113. The number of nitrogens with zero attached hydrogens (tertiary/aromatic N) is 1. The van der Waals surface area contributed by atoms with Gasteiger partial charge in [0.15, 0.2) is 0 Å². The molecule has 1 aromatic carbocycles. The van der Waals surface area contributed by atoms with Crippen LogP contribution in [-0.4, -0.2) is 50.2 Å². The van der Waals surface area contributed by atoms with Crippen molar-refractivity contribution in [1.82, 2.24) is 10.2 Å². The molecule has 5 nitrogen and oxygen atoms in total. The third-order valence-electron chi connectivity index (χ3n) is 3.29. The fraction of sp³-hybridized carbons (Fsp3) is 0.533. The van der Waals surface area contributed by atoms with Gasteiger partial charge in [0.25, 0.3) is 0 Å². The number of hydrogen-bond donors (Lipinski definition) is 2. The molecule has 0 saturated carbocycles. The number of rotatable bonds is 6. The average molecular weight is 277 g/mol. The summed E-state index contributed by atoms with van der Waals surface area (Å²) in [7, 11) is 4.06. The maximum Gasteiger partial charge on any atom is 0.250 e. The molecule has 5 heteroatoms. The highest BCUT2D eigenvalue weighted by Gasteiger charge is 2.32. The third-order valence-corrected chi connectivity index (χ3v) is 3.29.